The first-order valence-corrected chi connectivity index (χ1v) is 9.57. The topological polar surface area (TPSA) is 34.1 Å². The van der Waals surface area contributed by atoms with E-state index in [4.69, 9.17) is 0 Å². The average Bonchev–Trinajstić information content (AvgIpc) is 2.62. The van der Waals surface area contributed by atoms with Gasteiger partial charge in [0.05, 0.1) is 0 Å². The average molecular weight is 334 g/mol. The van der Waals surface area contributed by atoms with Crippen molar-refractivity contribution in [2.24, 2.45) is 0 Å². The van der Waals surface area contributed by atoms with Gasteiger partial charge in [0.25, 0.3) is 0 Å². The molecule has 3 aromatic rings. The van der Waals surface area contributed by atoms with E-state index in [9.17, 15) is 9.36 Å². The second kappa shape index (κ2) is 6.59. The summed E-state index contributed by atoms with van der Waals surface area (Å²) in [5.74, 6) is -0.0241. The fourth-order valence-electron chi connectivity index (χ4n) is 2.87. The van der Waals surface area contributed by atoms with Gasteiger partial charge in [-0.05, 0) is 25.5 Å². The molecule has 3 aromatic carbocycles. The van der Waals surface area contributed by atoms with Crippen LogP contribution in [0.2, 0.25) is 0 Å². The van der Waals surface area contributed by atoms with Crippen molar-refractivity contribution in [3.05, 3.63) is 90.0 Å². The Labute approximate surface area is 142 Å². The van der Waals surface area contributed by atoms with Gasteiger partial charge in [0.2, 0.25) is 0 Å². The molecule has 0 amide bonds. The predicted molar refractivity (Wildman–Crippen MR) is 101 cm³/mol. The first-order valence-electron chi connectivity index (χ1n) is 7.87. The van der Waals surface area contributed by atoms with E-state index < -0.39 is 7.14 Å². The lowest BCUT2D eigenvalue weighted by atomic mass is 10.1. The molecule has 0 bridgehead atoms. The number of aryl methyl sites for hydroxylation is 1. The Morgan fingerprint density at radius 2 is 1.29 bits per heavy atom. The maximum Gasteiger partial charge on any atom is 0.171 e. The normalized spacial score (nSPS) is 11.2. The zero-order valence-corrected chi connectivity index (χ0v) is 14.7. The number of hydrogen-bond acceptors (Lipinski definition) is 2. The highest BCUT2D eigenvalue weighted by atomic mass is 31.2. The number of carbonyl (C=O) groups is 1. The number of carbonyl (C=O) groups excluding carboxylic acids is 1. The van der Waals surface area contributed by atoms with E-state index in [-0.39, 0.29) is 5.78 Å². The first kappa shape index (κ1) is 16.4. The molecule has 0 saturated heterocycles. The summed E-state index contributed by atoms with van der Waals surface area (Å²) in [4.78, 5) is 11.8. The summed E-state index contributed by atoms with van der Waals surface area (Å²) in [6, 6.07) is 24.5. The van der Waals surface area contributed by atoms with Gasteiger partial charge in [0.15, 0.2) is 12.9 Å². The van der Waals surface area contributed by atoms with E-state index in [2.05, 4.69) is 0 Å². The Balaban J connectivity index is 2.34. The van der Waals surface area contributed by atoms with Crippen LogP contribution in [0, 0.1) is 6.92 Å². The van der Waals surface area contributed by atoms with Crippen LogP contribution in [0.4, 0.5) is 0 Å². The second-order valence-electron chi connectivity index (χ2n) is 5.84. The van der Waals surface area contributed by atoms with Gasteiger partial charge in [0.1, 0.15) is 0 Å². The minimum absolute atomic E-state index is 0.0241. The van der Waals surface area contributed by atoms with E-state index in [1.165, 1.54) is 6.92 Å². The van der Waals surface area contributed by atoms with Crippen molar-refractivity contribution < 1.29 is 9.36 Å². The SMILES string of the molecule is CC(=O)c1ccc(C)c(P(=O)(c2ccccc2)c2ccccc2)c1. The lowest BCUT2D eigenvalue weighted by Gasteiger charge is -2.22. The molecule has 0 aromatic heterocycles. The number of ketones is 1. The van der Waals surface area contributed by atoms with E-state index >= 15 is 0 Å². The van der Waals surface area contributed by atoms with Crippen molar-refractivity contribution in [3.63, 3.8) is 0 Å². The van der Waals surface area contributed by atoms with Crippen LogP contribution in [0.3, 0.4) is 0 Å². The van der Waals surface area contributed by atoms with Crippen molar-refractivity contribution in [1.82, 2.24) is 0 Å². The van der Waals surface area contributed by atoms with Gasteiger partial charge < -0.3 is 4.57 Å². The molecule has 3 rings (SSSR count). The number of rotatable bonds is 4. The Kier molecular flexibility index (Phi) is 4.51. The number of benzene rings is 3. The monoisotopic (exact) mass is 334 g/mol. The molecule has 3 heteroatoms. The molecule has 0 saturated carbocycles. The Hall–Kier alpha value is -2.44. The lowest BCUT2D eigenvalue weighted by Crippen LogP contribution is -2.27. The molecule has 0 spiro atoms. The van der Waals surface area contributed by atoms with Crippen LogP contribution in [0.15, 0.2) is 78.9 Å². The highest BCUT2D eigenvalue weighted by Crippen LogP contribution is 2.43. The van der Waals surface area contributed by atoms with Gasteiger partial charge in [-0.1, -0.05) is 72.8 Å². The summed E-state index contributed by atoms with van der Waals surface area (Å²) in [5.41, 5.74) is 1.51. The van der Waals surface area contributed by atoms with E-state index in [1.807, 2.05) is 73.7 Å². The van der Waals surface area contributed by atoms with Crippen LogP contribution in [-0.2, 0) is 4.57 Å². The van der Waals surface area contributed by atoms with Crippen molar-refractivity contribution in [2.45, 2.75) is 13.8 Å². The van der Waals surface area contributed by atoms with E-state index in [0.29, 0.717) is 5.56 Å². The van der Waals surface area contributed by atoms with Crippen LogP contribution in [0.5, 0.6) is 0 Å². The predicted octanol–water partition coefficient (Wildman–Crippen LogP) is 3.84. The van der Waals surface area contributed by atoms with Crippen LogP contribution in [0.25, 0.3) is 0 Å². The third-order valence-electron chi connectivity index (χ3n) is 4.19. The Bertz CT molecular complexity index is 872. The third kappa shape index (κ3) is 2.86. The summed E-state index contributed by atoms with van der Waals surface area (Å²) in [6.45, 7) is 3.47. The molecular weight excluding hydrogens is 315 g/mol. The standard InChI is InChI=1S/C21H19O2P/c1-16-13-14-18(17(2)22)15-21(16)24(23,19-9-5-3-6-10-19)20-11-7-4-8-12-20/h3-15H,1-2H3. The summed E-state index contributed by atoms with van der Waals surface area (Å²) in [7, 11) is -3.03. The molecular formula is C21H19O2P. The van der Waals surface area contributed by atoms with Crippen molar-refractivity contribution in [3.8, 4) is 0 Å². The summed E-state index contributed by atoms with van der Waals surface area (Å²) in [6.07, 6.45) is 0. The minimum Gasteiger partial charge on any atom is -0.309 e. The Morgan fingerprint density at radius 1 is 0.792 bits per heavy atom. The Morgan fingerprint density at radius 3 is 1.75 bits per heavy atom. The smallest absolute Gasteiger partial charge is 0.171 e. The highest BCUT2D eigenvalue weighted by Gasteiger charge is 2.31. The number of hydrogen-bond donors (Lipinski definition) is 0. The van der Waals surface area contributed by atoms with Crippen LogP contribution in [-0.4, -0.2) is 5.78 Å². The van der Waals surface area contributed by atoms with Gasteiger partial charge in [0, 0.05) is 21.5 Å². The van der Waals surface area contributed by atoms with Gasteiger partial charge >= 0.3 is 0 Å². The molecule has 0 aliphatic carbocycles. The third-order valence-corrected chi connectivity index (χ3v) is 7.41. The molecule has 24 heavy (non-hydrogen) atoms. The fourth-order valence-corrected chi connectivity index (χ4v) is 5.80. The molecule has 0 heterocycles. The molecule has 0 atom stereocenters. The summed E-state index contributed by atoms with van der Waals surface area (Å²) in [5, 5.41) is 2.28. The molecule has 0 N–H and O–H groups in total. The molecule has 2 nitrogen and oxygen atoms in total. The lowest BCUT2D eigenvalue weighted by molar-refractivity contribution is 0.101. The maximum absolute atomic E-state index is 14.3. The van der Waals surface area contributed by atoms with Gasteiger partial charge in [-0.15, -0.1) is 0 Å². The van der Waals surface area contributed by atoms with Crippen LogP contribution < -0.4 is 15.9 Å². The van der Waals surface area contributed by atoms with Gasteiger partial charge in [-0.25, -0.2) is 0 Å². The zero-order chi connectivity index (χ0) is 17.2. The van der Waals surface area contributed by atoms with Gasteiger partial charge in [-0.3, -0.25) is 4.79 Å². The molecule has 0 aliphatic heterocycles. The quantitative estimate of drug-likeness (QED) is 0.537. The van der Waals surface area contributed by atoms with Crippen LogP contribution >= 0.6 is 7.14 Å². The second-order valence-corrected chi connectivity index (χ2v) is 8.57. The summed E-state index contributed by atoms with van der Waals surface area (Å²) < 4.78 is 14.3. The number of Topliss-reactive ketones (excluding diaryl/α,β-unsaturated/α-hetero) is 1. The van der Waals surface area contributed by atoms with Crippen molar-refractivity contribution in [1.29, 1.82) is 0 Å². The molecule has 120 valence electrons. The largest absolute Gasteiger partial charge is 0.309 e. The van der Waals surface area contributed by atoms with Gasteiger partial charge in [-0.2, -0.15) is 0 Å². The van der Waals surface area contributed by atoms with Crippen LogP contribution in [0.1, 0.15) is 22.8 Å². The molecule has 0 aliphatic rings. The fraction of sp³-hybridized carbons (Fsp3) is 0.0952. The molecule has 0 unspecified atom stereocenters. The molecule has 0 radical (unpaired) electrons. The first-order chi connectivity index (χ1) is 11.5. The van der Waals surface area contributed by atoms with E-state index in [0.717, 1.165) is 21.5 Å². The van der Waals surface area contributed by atoms with Crippen molar-refractivity contribution >= 4 is 28.8 Å². The summed E-state index contributed by atoms with van der Waals surface area (Å²) >= 11 is 0. The van der Waals surface area contributed by atoms with E-state index in [1.54, 1.807) is 12.1 Å². The zero-order valence-electron chi connectivity index (χ0n) is 13.8. The minimum atomic E-state index is -3.03. The maximum atomic E-state index is 14.3. The highest BCUT2D eigenvalue weighted by molar-refractivity contribution is 7.85. The van der Waals surface area contributed by atoms with Crippen molar-refractivity contribution in [2.75, 3.05) is 0 Å². The molecule has 0 fully saturated rings.